The molecule has 3 nitrogen and oxygen atoms in total. The molecule has 84 valence electrons. The molecular weight excluding hydrogens is 216 g/mol. The predicted molar refractivity (Wildman–Crippen MR) is 59.7 cm³/mol. The fraction of sp³-hybridized carbons (Fsp3) is 0.455. The van der Waals surface area contributed by atoms with Crippen LogP contribution >= 0.6 is 11.6 Å². The van der Waals surface area contributed by atoms with Crippen LogP contribution in [0.1, 0.15) is 12.5 Å². The average molecular weight is 231 g/mol. The lowest BCUT2D eigenvalue weighted by molar-refractivity contribution is 0.0209. The summed E-state index contributed by atoms with van der Waals surface area (Å²) in [5.74, 6) is 1.80. The molecule has 0 spiro atoms. The zero-order valence-electron chi connectivity index (χ0n) is 8.96. The Morgan fingerprint density at radius 2 is 2.07 bits per heavy atom. The zero-order chi connectivity index (χ0) is 11.1. The molecule has 4 heteroatoms. The van der Waals surface area contributed by atoms with Crippen LogP contribution in [-0.2, 0) is 10.6 Å². The predicted octanol–water partition coefficient (Wildman–Crippen LogP) is 2.81. The fourth-order valence-corrected chi connectivity index (χ4v) is 1.27. The van der Waals surface area contributed by atoms with Crippen molar-refractivity contribution in [3.05, 3.63) is 23.8 Å². The number of rotatable bonds is 6. The van der Waals surface area contributed by atoms with Crippen molar-refractivity contribution >= 4 is 11.6 Å². The van der Waals surface area contributed by atoms with E-state index in [1.54, 1.807) is 7.11 Å². The first-order valence-electron chi connectivity index (χ1n) is 4.75. The van der Waals surface area contributed by atoms with Gasteiger partial charge in [0.1, 0.15) is 0 Å². The number of ether oxygens (including phenoxy) is 3. The highest BCUT2D eigenvalue weighted by atomic mass is 35.5. The molecule has 0 heterocycles. The molecule has 0 unspecified atom stereocenters. The summed E-state index contributed by atoms with van der Waals surface area (Å²) in [7, 11) is 1.60. The first-order chi connectivity index (χ1) is 7.31. The largest absolute Gasteiger partial charge is 0.493 e. The number of methoxy groups -OCH3 is 1. The van der Waals surface area contributed by atoms with Gasteiger partial charge in [0.05, 0.1) is 7.11 Å². The minimum absolute atomic E-state index is 0.229. The second-order valence-corrected chi connectivity index (χ2v) is 3.14. The molecule has 0 aliphatic rings. The third kappa shape index (κ3) is 3.61. The second-order valence-electron chi connectivity index (χ2n) is 2.87. The Hall–Kier alpha value is -0.930. The summed E-state index contributed by atoms with van der Waals surface area (Å²) in [6.07, 6.45) is 0. The molecule has 0 aliphatic heterocycles. The molecule has 0 N–H and O–H groups in total. The van der Waals surface area contributed by atoms with Crippen LogP contribution < -0.4 is 9.47 Å². The summed E-state index contributed by atoms with van der Waals surface area (Å²) in [6, 6.07) is 5.58. The van der Waals surface area contributed by atoms with Crippen LogP contribution in [0.4, 0.5) is 0 Å². The van der Waals surface area contributed by atoms with Crippen molar-refractivity contribution in [3.8, 4) is 11.5 Å². The van der Waals surface area contributed by atoms with Crippen molar-refractivity contribution in [3.63, 3.8) is 0 Å². The van der Waals surface area contributed by atoms with Gasteiger partial charge in [0.25, 0.3) is 0 Å². The van der Waals surface area contributed by atoms with Gasteiger partial charge in [-0.15, -0.1) is 11.6 Å². The third-order valence-electron chi connectivity index (χ3n) is 1.88. The molecule has 0 saturated heterocycles. The van der Waals surface area contributed by atoms with E-state index in [2.05, 4.69) is 0 Å². The highest BCUT2D eigenvalue weighted by Gasteiger charge is 2.04. The molecule has 0 aliphatic carbocycles. The van der Waals surface area contributed by atoms with E-state index in [4.69, 9.17) is 25.8 Å². The Labute approximate surface area is 94.9 Å². The van der Waals surface area contributed by atoms with E-state index in [0.717, 1.165) is 5.56 Å². The molecule has 0 saturated carbocycles. The maximum absolute atomic E-state index is 5.71. The third-order valence-corrected chi connectivity index (χ3v) is 2.19. The van der Waals surface area contributed by atoms with Gasteiger partial charge in [0.2, 0.25) is 0 Å². The molecule has 0 amide bonds. The molecule has 1 rings (SSSR count). The van der Waals surface area contributed by atoms with Crippen LogP contribution in [0.2, 0.25) is 0 Å². The molecule has 0 aromatic heterocycles. The zero-order valence-corrected chi connectivity index (χ0v) is 9.71. The van der Waals surface area contributed by atoms with Crippen LogP contribution in [0.5, 0.6) is 11.5 Å². The van der Waals surface area contributed by atoms with E-state index in [9.17, 15) is 0 Å². The average Bonchev–Trinajstić information content (AvgIpc) is 2.29. The standard InChI is InChI=1S/C11H15ClO3/c1-3-14-8-15-10-5-4-9(7-12)6-11(10)13-2/h4-6H,3,7-8H2,1-2H3. The highest BCUT2D eigenvalue weighted by molar-refractivity contribution is 6.17. The Morgan fingerprint density at radius 3 is 2.67 bits per heavy atom. The first-order valence-corrected chi connectivity index (χ1v) is 5.28. The van der Waals surface area contributed by atoms with E-state index in [0.29, 0.717) is 24.0 Å². The molecule has 1 aromatic carbocycles. The van der Waals surface area contributed by atoms with Crippen molar-refractivity contribution in [1.29, 1.82) is 0 Å². The molecule has 15 heavy (non-hydrogen) atoms. The summed E-state index contributed by atoms with van der Waals surface area (Å²) < 4.78 is 15.6. The van der Waals surface area contributed by atoms with Crippen molar-refractivity contribution in [2.24, 2.45) is 0 Å². The molecule has 0 bridgehead atoms. The van der Waals surface area contributed by atoms with E-state index < -0.39 is 0 Å². The number of halogens is 1. The van der Waals surface area contributed by atoms with Crippen molar-refractivity contribution in [2.75, 3.05) is 20.5 Å². The van der Waals surface area contributed by atoms with Crippen LogP contribution in [0.25, 0.3) is 0 Å². The maximum Gasteiger partial charge on any atom is 0.189 e. The van der Waals surface area contributed by atoms with Crippen LogP contribution in [0.15, 0.2) is 18.2 Å². The maximum atomic E-state index is 5.71. The summed E-state index contributed by atoms with van der Waals surface area (Å²) >= 11 is 5.71. The van der Waals surface area contributed by atoms with Gasteiger partial charge in [-0.05, 0) is 24.6 Å². The van der Waals surface area contributed by atoms with Crippen molar-refractivity contribution in [1.82, 2.24) is 0 Å². The summed E-state index contributed by atoms with van der Waals surface area (Å²) in [4.78, 5) is 0. The van der Waals surface area contributed by atoms with Gasteiger partial charge in [-0.25, -0.2) is 0 Å². The fourth-order valence-electron chi connectivity index (χ4n) is 1.10. The van der Waals surface area contributed by atoms with Gasteiger partial charge >= 0.3 is 0 Å². The van der Waals surface area contributed by atoms with Crippen LogP contribution in [0.3, 0.4) is 0 Å². The quantitative estimate of drug-likeness (QED) is 0.427. The Balaban J connectivity index is 2.69. The highest BCUT2D eigenvalue weighted by Crippen LogP contribution is 2.28. The first kappa shape index (κ1) is 12.1. The number of hydrogen-bond donors (Lipinski definition) is 0. The second kappa shape index (κ2) is 6.53. The number of alkyl halides is 1. The number of benzene rings is 1. The summed E-state index contributed by atoms with van der Waals surface area (Å²) in [5, 5.41) is 0. The number of hydrogen-bond acceptors (Lipinski definition) is 3. The van der Waals surface area contributed by atoms with Crippen LogP contribution in [0, 0.1) is 0 Å². The SMILES string of the molecule is CCOCOc1ccc(CCl)cc1OC. The molecule has 0 radical (unpaired) electrons. The van der Waals surface area contributed by atoms with E-state index in [-0.39, 0.29) is 6.79 Å². The molecule has 0 atom stereocenters. The monoisotopic (exact) mass is 230 g/mol. The summed E-state index contributed by atoms with van der Waals surface area (Å²) in [6.45, 7) is 2.77. The molecule has 0 fully saturated rings. The Morgan fingerprint density at radius 1 is 1.27 bits per heavy atom. The lowest BCUT2D eigenvalue weighted by atomic mass is 10.2. The van der Waals surface area contributed by atoms with Gasteiger partial charge in [-0.2, -0.15) is 0 Å². The van der Waals surface area contributed by atoms with Gasteiger partial charge in [-0.3, -0.25) is 0 Å². The van der Waals surface area contributed by atoms with Gasteiger partial charge in [0.15, 0.2) is 18.3 Å². The van der Waals surface area contributed by atoms with E-state index in [1.165, 1.54) is 0 Å². The normalized spacial score (nSPS) is 10.1. The van der Waals surface area contributed by atoms with E-state index >= 15 is 0 Å². The minimum atomic E-state index is 0.229. The van der Waals surface area contributed by atoms with Gasteiger partial charge in [-0.1, -0.05) is 6.07 Å². The van der Waals surface area contributed by atoms with Gasteiger partial charge in [0, 0.05) is 12.5 Å². The van der Waals surface area contributed by atoms with E-state index in [1.807, 2.05) is 25.1 Å². The topological polar surface area (TPSA) is 27.7 Å². The van der Waals surface area contributed by atoms with Crippen molar-refractivity contribution < 1.29 is 14.2 Å². The smallest absolute Gasteiger partial charge is 0.189 e. The van der Waals surface area contributed by atoms with Gasteiger partial charge < -0.3 is 14.2 Å². The molecular formula is C11H15ClO3. The molecule has 1 aromatic rings. The van der Waals surface area contributed by atoms with Crippen LogP contribution in [-0.4, -0.2) is 20.5 Å². The minimum Gasteiger partial charge on any atom is -0.493 e. The van der Waals surface area contributed by atoms with Crippen molar-refractivity contribution in [2.45, 2.75) is 12.8 Å². The lowest BCUT2D eigenvalue weighted by Gasteiger charge is -2.11. The lowest BCUT2D eigenvalue weighted by Crippen LogP contribution is -2.03. The summed E-state index contributed by atoms with van der Waals surface area (Å²) in [5.41, 5.74) is 0.997. The Kier molecular flexibility index (Phi) is 5.29. The Bertz CT molecular complexity index is 302.